The molecule has 1 amide bonds. The van der Waals surface area contributed by atoms with Gasteiger partial charge in [0.25, 0.3) is 0 Å². The number of benzene rings is 1. The first kappa shape index (κ1) is 15.5. The molecule has 1 N–H and O–H groups in total. The van der Waals surface area contributed by atoms with Gasteiger partial charge in [-0.05, 0) is 33.6 Å². The van der Waals surface area contributed by atoms with Crippen LogP contribution < -0.4 is 0 Å². The smallest absolute Gasteiger partial charge is 0.410 e. The van der Waals surface area contributed by atoms with Gasteiger partial charge in [0.1, 0.15) is 11.4 Å². The highest BCUT2D eigenvalue weighted by molar-refractivity contribution is 5.69. The fraction of sp³-hybridized carbons (Fsp3) is 0.471. The summed E-state index contributed by atoms with van der Waals surface area (Å²) in [7, 11) is 0. The Bertz CT molecular complexity index is 675. The highest BCUT2D eigenvalue weighted by atomic mass is 16.6. The van der Waals surface area contributed by atoms with Crippen molar-refractivity contribution in [3.63, 3.8) is 0 Å². The number of likely N-dealkylation sites (tertiary alicyclic amines) is 1. The molecule has 0 saturated carbocycles. The Morgan fingerprint density at radius 1 is 1.30 bits per heavy atom. The van der Waals surface area contributed by atoms with E-state index in [4.69, 9.17) is 4.74 Å². The van der Waals surface area contributed by atoms with Crippen LogP contribution in [0.3, 0.4) is 0 Å². The summed E-state index contributed by atoms with van der Waals surface area (Å²) in [5, 5.41) is 7.27. The lowest BCUT2D eigenvalue weighted by molar-refractivity contribution is 0.0218. The van der Waals surface area contributed by atoms with Crippen LogP contribution in [0, 0.1) is 0 Å². The minimum absolute atomic E-state index is 0.102. The van der Waals surface area contributed by atoms with Gasteiger partial charge in [0.05, 0.1) is 6.04 Å². The van der Waals surface area contributed by atoms with Crippen molar-refractivity contribution in [2.75, 3.05) is 6.54 Å². The standard InChI is InChI=1S/C17H22N4O2/c1-17(2,3)23-16(22)21-11-7-10-13(21)15-18-14(19-20-15)12-8-5-4-6-9-12/h4-6,8-9,13H,7,10-11H2,1-3H3,(H,18,19,20)/t13-/m0/s1. The number of H-pyrrole nitrogens is 1. The molecule has 23 heavy (non-hydrogen) atoms. The minimum atomic E-state index is -0.499. The number of aromatic amines is 1. The van der Waals surface area contributed by atoms with E-state index in [1.54, 1.807) is 4.90 Å². The van der Waals surface area contributed by atoms with Crippen LogP contribution in [0.5, 0.6) is 0 Å². The molecule has 0 unspecified atom stereocenters. The number of rotatable bonds is 2. The zero-order chi connectivity index (χ0) is 16.4. The summed E-state index contributed by atoms with van der Waals surface area (Å²) >= 11 is 0. The van der Waals surface area contributed by atoms with Crippen LogP contribution in [0.4, 0.5) is 4.79 Å². The topological polar surface area (TPSA) is 71.1 Å². The molecule has 0 aliphatic carbocycles. The van der Waals surface area contributed by atoms with E-state index in [9.17, 15) is 4.79 Å². The summed E-state index contributed by atoms with van der Waals surface area (Å²) in [5.74, 6) is 1.36. The normalized spacial score (nSPS) is 18.2. The maximum Gasteiger partial charge on any atom is 0.410 e. The number of carbonyl (C=O) groups excluding carboxylic acids is 1. The molecule has 6 heteroatoms. The molecule has 1 aromatic carbocycles. The van der Waals surface area contributed by atoms with Gasteiger partial charge in [0.2, 0.25) is 0 Å². The molecule has 3 rings (SSSR count). The van der Waals surface area contributed by atoms with Crippen LogP contribution in [-0.4, -0.2) is 38.3 Å². The summed E-state index contributed by atoms with van der Waals surface area (Å²) < 4.78 is 5.49. The molecule has 6 nitrogen and oxygen atoms in total. The van der Waals surface area contributed by atoms with Crippen molar-refractivity contribution in [2.24, 2.45) is 0 Å². The highest BCUT2D eigenvalue weighted by Gasteiger charge is 2.35. The Morgan fingerprint density at radius 3 is 2.74 bits per heavy atom. The number of nitrogens with zero attached hydrogens (tertiary/aromatic N) is 3. The van der Waals surface area contributed by atoms with Crippen molar-refractivity contribution in [1.29, 1.82) is 0 Å². The van der Waals surface area contributed by atoms with Crippen LogP contribution in [-0.2, 0) is 4.74 Å². The predicted octanol–water partition coefficient (Wildman–Crippen LogP) is 3.54. The van der Waals surface area contributed by atoms with E-state index >= 15 is 0 Å². The quantitative estimate of drug-likeness (QED) is 0.920. The van der Waals surface area contributed by atoms with Crippen LogP contribution in [0.1, 0.15) is 45.5 Å². The van der Waals surface area contributed by atoms with Gasteiger partial charge >= 0.3 is 6.09 Å². The molecule has 122 valence electrons. The van der Waals surface area contributed by atoms with Crippen molar-refractivity contribution in [3.05, 3.63) is 36.2 Å². The maximum atomic E-state index is 12.4. The van der Waals surface area contributed by atoms with Crippen LogP contribution in [0.2, 0.25) is 0 Å². The van der Waals surface area contributed by atoms with Gasteiger partial charge in [-0.3, -0.25) is 10.00 Å². The first-order valence-corrected chi connectivity index (χ1v) is 7.91. The largest absolute Gasteiger partial charge is 0.444 e. The highest BCUT2D eigenvalue weighted by Crippen LogP contribution is 2.32. The van der Waals surface area contributed by atoms with Crippen LogP contribution in [0.15, 0.2) is 30.3 Å². The number of amides is 1. The second-order valence-electron chi connectivity index (χ2n) is 6.74. The molecule has 1 aliphatic heterocycles. The van der Waals surface area contributed by atoms with Gasteiger partial charge in [0.15, 0.2) is 5.82 Å². The first-order chi connectivity index (χ1) is 10.9. The van der Waals surface area contributed by atoms with Gasteiger partial charge in [-0.25, -0.2) is 9.78 Å². The van der Waals surface area contributed by atoms with E-state index < -0.39 is 5.60 Å². The minimum Gasteiger partial charge on any atom is -0.444 e. The van der Waals surface area contributed by atoms with Gasteiger partial charge in [-0.2, -0.15) is 5.10 Å². The average Bonchev–Trinajstić information content (AvgIpc) is 3.15. The molecule has 1 aliphatic rings. The number of nitrogens with one attached hydrogen (secondary N) is 1. The lowest BCUT2D eigenvalue weighted by Gasteiger charge is -2.27. The summed E-state index contributed by atoms with van der Waals surface area (Å²) in [4.78, 5) is 18.7. The Balaban J connectivity index is 1.78. The Morgan fingerprint density at radius 2 is 2.04 bits per heavy atom. The van der Waals surface area contributed by atoms with Crippen molar-refractivity contribution in [1.82, 2.24) is 20.1 Å². The van der Waals surface area contributed by atoms with Crippen LogP contribution >= 0.6 is 0 Å². The van der Waals surface area contributed by atoms with Gasteiger partial charge in [0, 0.05) is 12.1 Å². The molecule has 1 aromatic heterocycles. The average molecular weight is 314 g/mol. The number of ether oxygens (including phenoxy) is 1. The molecule has 1 saturated heterocycles. The fourth-order valence-electron chi connectivity index (χ4n) is 2.73. The number of hydrogen-bond donors (Lipinski definition) is 1. The molecule has 1 atom stereocenters. The number of carbonyl (C=O) groups is 1. The summed E-state index contributed by atoms with van der Waals surface area (Å²) in [6, 6.07) is 9.69. The molecule has 2 aromatic rings. The molecular formula is C17H22N4O2. The van der Waals surface area contributed by atoms with Crippen molar-refractivity contribution < 1.29 is 9.53 Å². The number of aromatic nitrogens is 3. The Kier molecular flexibility index (Phi) is 4.07. The SMILES string of the molecule is CC(C)(C)OC(=O)N1CCC[C@H]1c1nc(-c2ccccc2)n[nH]1. The molecular weight excluding hydrogens is 292 g/mol. The lowest BCUT2D eigenvalue weighted by Crippen LogP contribution is -2.36. The third-order valence-corrected chi connectivity index (χ3v) is 3.73. The van der Waals surface area contributed by atoms with E-state index in [0.29, 0.717) is 18.2 Å². The van der Waals surface area contributed by atoms with E-state index in [1.165, 1.54) is 0 Å². The number of hydrogen-bond acceptors (Lipinski definition) is 4. The molecule has 0 bridgehead atoms. The summed E-state index contributed by atoms with van der Waals surface area (Å²) in [6.45, 7) is 6.30. The van der Waals surface area contributed by atoms with Gasteiger partial charge in [-0.15, -0.1) is 0 Å². The maximum absolute atomic E-state index is 12.4. The van der Waals surface area contributed by atoms with E-state index in [0.717, 1.165) is 18.4 Å². The molecule has 0 radical (unpaired) electrons. The van der Waals surface area contributed by atoms with Crippen molar-refractivity contribution >= 4 is 6.09 Å². The second kappa shape index (κ2) is 6.02. The van der Waals surface area contributed by atoms with Crippen molar-refractivity contribution in [2.45, 2.75) is 45.3 Å². The first-order valence-electron chi connectivity index (χ1n) is 7.91. The van der Waals surface area contributed by atoms with E-state index in [-0.39, 0.29) is 12.1 Å². The Labute approximate surface area is 135 Å². The fourth-order valence-corrected chi connectivity index (χ4v) is 2.73. The second-order valence-corrected chi connectivity index (χ2v) is 6.74. The predicted molar refractivity (Wildman–Crippen MR) is 86.7 cm³/mol. The third kappa shape index (κ3) is 3.52. The summed E-state index contributed by atoms with van der Waals surface area (Å²) in [6.07, 6.45) is 1.51. The summed E-state index contributed by atoms with van der Waals surface area (Å²) in [5.41, 5.74) is 0.456. The van der Waals surface area contributed by atoms with Crippen LogP contribution in [0.25, 0.3) is 11.4 Å². The zero-order valence-electron chi connectivity index (χ0n) is 13.7. The van der Waals surface area contributed by atoms with E-state index in [1.807, 2.05) is 51.1 Å². The third-order valence-electron chi connectivity index (χ3n) is 3.73. The molecule has 1 fully saturated rings. The molecule has 2 heterocycles. The van der Waals surface area contributed by atoms with Gasteiger partial charge < -0.3 is 4.74 Å². The van der Waals surface area contributed by atoms with Gasteiger partial charge in [-0.1, -0.05) is 30.3 Å². The lowest BCUT2D eigenvalue weighted by atomic mass is 10.2. The van der Waals surface area contributed by atoms with Crippen molar-refractivity contribution in [3.8, 4) is 11.4 Å². The van der Waals surface area contributed by atoms with E-state index in [2.05, 4.69) is 15.2 Å². The Hall–Kier alpha value is -2.37. The zero-order valence-corrected chi connectivity index (χ0v) is 13.7. The molecule has 0 spiro atoms. The monoisotopic (exact) mass is 314 g/mol.